The van der Waals surface area contributed by atoms with E-state index in [1.54, 1.807) is 24.3 Å². The maximum atomic E-state index is 13.9. The van der Waals surface area contributed by atoms with Gasteiger partial charge in [0.25, 0.3) is 0 Å². The summed E-state index contributed by atoms with van der Waals surface area (Å²) in [4.78, 5) is 1.04. The number of aryl methyl sites for hydroxylation is 3. The molecule has 0 saturated carbocycles. The van der Waals surface area contributed by atoms with E-state index >= 15 is 0 Å². The standard InChI is InChI=1S/C26H24N2O2S2/c1-18-4-10-21(11-5-18)25(22(16-27)17-28)26(31(29)23-12-6-19(2)7-13-23)32(30)24-14-8-20(3)9-15-24/h4-15,22,25-26H,1-3H3/t25-,26?,31?,32?/m1/s1. The van der Waals surface area contributed by atoms with Gasteiger partial charge >= 0.3 is 0 Å². The van der Waals surface area contributed by atoms with Gasteiger partial charge in [-0.1, -0.05) is 65.2 Å². The molecule has 162 valence electrons. The Hall–Kier alpha value is -3.06. The summed E-state index contributed by atoms with van der Waals surface area (Å²) in [7, 11) is -3.45. The molecule has 0 heterocycles. The summed E-state index contributed by atoms with van der Waals surface area (Å²) < 4.78 is 26.7. The second-order valence-electron chi connectivity index (χ2n) is 7.76. The van der Waals surface area contributed by atoms with E-state index in [0.29, 0.717) is 15.4 Å². The van der Waals surface area contributed by atoms with Crippen LogP contribution in [0.25, 0.3) is 0 Å². The molecule has 32 heavy (non-hydrogen) atoms. The summed E-state index contributed by atoms with van der Waals surface area (Å²) in [5.41, 5.74) is 3.73. The van der Waals surface area contributed by atoms with Gasteiger partial charge in [-0.05, 0) is 50.6 Å². The average Bonchev–Trinajstić information content (AvgIpc) is 2.80. The predicted molar refractivity (Wildman–Crippen MR) is 128 cm³/mol. The summed E-state index contributed by atoms with van der Waals surface area (Å²) >= 11 is 0. The molecule has 6 heteroatoms. The Balaban J connectivity index is 2.20. The van der Waals surface area contributed by atoms with Crippen LogP contribution in [-0.2, 0) is 21.6 Å². The van der Waals surface area contributed by atoms with Crippen molar-refractivity contribution in [3.8, 4) is 12.1 Å². The van der Waals surface area contributed by atoms with Crippen LogP contribution in [0.15, 0.2) is 82.6 Å². The highest BCUT2D eigenvalue weighted by molar-refractivity contribution is 8.03. The molecule has 0 fully saturated rings. The van der Waals surface area contributed by atoms with Crippen molar-refractivity contribution in [3.05, 3.63) is 95.1 Å². The fourth-order valence-electron chi connectivity index (χ4n) is 3.44. The summed E-state index contributed by atoms with van der Waals surface area (Å²) in [6, 6.07) is 25.9. The summed E-state index contributed by atoms with van der Waals surface area (Å²) in [5, 5.41) is 19.5. The molecule has 0 aliphatic heterocycles. The van der Waals surface area contributed by atoms with E-state index in [1.165, 1.54) is 0 Å². The zero-order chi connectivity index (χ0) is 23.3. The first-order chi connectivity index (χ1) is 15.3. The largest absolute Gasteiger partial charge is 0.253 e. The first-order valence-corrected chi connectivity index (χ1v) is 12.6. The van der Waals surface area contributed by atoms with Crippen LogP contribution in [-0.4, -0.2) is 13.0 Å². The molecule has 2 unspecified atom stereocenters. The Labute approximate surface area is 194 Å². The van der Waals surface area contributed by atoms with E-state index in [2.05, 4.69) is 0 Å². The lowest BCUT2D eigenvalue weighted by molar-refractivity contribution is 0.612. The fourth-order valence-corrected chi connectivity index (χ4v) is 7.25. The molecule has 3 rings (SSSR count). The number of hydrogen-bond acceptors (Lipinski definition) is 4. The highest BCUT2D eigenvalue weighted by Gasteiger charge is 2.40. The van der Waals surface area contributed by atoms with Crippen LogP contribution in [0, 0.1) is 49.4 Å². The minimum absolute atomic E-state index is 0.521. The van der Waals surface area contributed by atoms with Gasteiger partial charge in [-0.25, -0.2) is 0 Å². The minimum Gasteiger partial charge on any atom is -0.253 e. The van der Waals surface area contributed by atoms with Crippen molar-refractivity contribution in [2.45, 2.75) is 41.1 Å². The third kappa shape index (κ3) is 5.22. The molecule has 0 amide bonds. The van der Waals surface area contributed by atoms with E-state index < -0.39 is 38.0 Å². The van der Waals surface area contributed by atoms with Gasteiger partial charge in [0, 0.05) is 15.7 Å². The smallest absolute Gasteiger partial charge is 0.142 e. The summed E-state index contributed by atoms with van der Waals surface area (Å²) in [6.45, 7) is 5.81. The number of nitriles is 2. The van der Waals surface area contributed by atoms with Crippen LogP contribution in [0.1, 0.15) is 28.2 Å². The van der Waals surface area contributed by atoms with Gasteiger partial charge < -0.3 is 0 Å². The molecule has 0 aliphatic carbocycles. The molecule has 0 spiro atoms. The molecule has 0 aromatic heterocycles. The van der Waals surface area contributed by atoms with Crippen molar-refractivity contribution in [2.75, 3.05) is 0 Å². The number of benzene rings is 3. The summed E-state index contributed by atoms with van der Waals surface area (Å²) in [5.74, 6) is -1.90. The molecule has 0 bridgehead atoms. The van der Waals surface area contributed by atoms with Crippen molar-refractivity contribution < 1.29 is 8.42 Å². The zero-order valence-electron chi connectivity index (χ0n) is 18.2. The molecule has 4 nitrogen and oxygen atoms in total. The van der Waals surface area contributed by atoms with Gasteiger partial charge in [-0.3, -0.25) is 8.42 Å². The highest BCUT2D eigenvalue weighted by atomic mass is 32.2. The van der Waals surface area contributed by atoms with Gasteiger partial charge in [0.1, 0.15) is 10.5 Å². The molecule has 3 atom stereocenters. The van der Waals surface area contributed by atoms with Crippen LogP contribution in [0.2, 0.25) is 0 Å². The third-order valence-electron chi connectivity index (χ3n) is 5.32. The van der Waals surface area contributed by atoms with Crippen LogP contribution < -0.4 is 0 Å². The van der Waals surface area contributed by atoms with Crippen molar-refractivity contribution in [2.24, 2.45) is 5.92 Å². The average molecular weight is 461 g/mol. The minimum atomic E-state index is -1.73. The molecule has 0 saturated heterocycles. The van der Waals surface area contributed by atoms with E-state index in [1.807, 2.05) is 81.4 Å². The van der Waals surface area contributed by atoms with Crippen molar-refractivity contribution >= 4 is 21.6 Å². The second-order valence-corrected chi connectivity index (χ2v) is 11.2. The molecule has 3 aromatic carbocycles. The predicted octanol–water partition coefficient (Wildman–Crippen LogP) is 5.30. The lowest BCUT2D eigenvalue weighted by Gasteiger charge is -2.27. The van der Waals surface area contributed by atoms with E-state index in [4.69, 9.17) is 0 Å². The van der Waals surface area contributed by atoms with Crippen LogP contribution >= 0.6 is 0 Å². The SMILES string of the molecule is Cc1ccc([C@H](C(C#N)C#N)C(S(=O)c2ccc(C)cc2)S(=O)c2ccc(C)cc2)cc1. The van der Waals surface area contributed by atoms with E-state index in [-0.39, 0.29) is 0 Å². The molecule has 0 aliphatic rings. The Bertz CT molecular complexity index is 1130. The van der Waals surface area contributed by atoms with Gasteiger partial charge in [-0.2, -0.15) is 10.5 Å². The third-order valence-corrected chi connectivity index (χ3v) is 9.27. The quantitative estimate of drug-likeness (QED) is 0.479. The first kappa shape index (κ1) is 23.6. The van der Waals surface area contributed by atoms with Gasteiger partial charge in [0.2, 0.25) is 0 Å². The fraction of sp³-hybridized carbons (Fsp3) is 0.231. The molecule has 3 aromatic rings. The number of rotatable bonds is 7. The normalized spacial score (nSPS) is 14.7. The summed E-state index contributed by atoms with van der Waals surface area (Å²) in [6.07, 6.45) is 0. The van der Waals surface area contributed by atoms with Crippen molar-refractivity contribution in [3.63, 3.8) is 0 Å². The number of hydrogen-bond donors (Lipinski definition) is 0. The molecular weight excluding hydrogens is 436 g/mol. The van der Waals surface area contributed by atoms with Gasteiger partial charge in [-0.15, -0.1) is 0 Å². The lowest BCUT2D eigenvalue weighted by atomic mass is 9.89. The van der Waals surface area contributed by atoms with Gasteiger partial charge in [0.05, 0.1) is 33.7 Å². The van der Waals surface area contributed by atoms with Gasteiger partial charge in [0.15, 0.2) is 0 Å². The Morgan fingerprint density at radius 2 is 0.969 bits per heavy atom. The topological polar surface area (TPSA) is 81.7 Å². The van der Waals surface area contributed by atoms with E-state index in [0.717, 1.165) is 16.7 Å². The first-order valence-electron chi connectivity index (χ1n) is 10.2. The molecule has 0 radical (unpaired) electrons. The highest BCUT2D eigenvalue weighted by Crippen LogP contribution is 2.37. The van der Waals surface area contributed by atoms with Crippen LogP contribution in [0.4, 0.5) is 0 Å². The van der Waals surface area contributed by atoms with Crippen molar-refractivity contribution in [1.29, 1.82) is 10.5 Å². The lowest BCUT2D eigenvalue weighted by Crippen LogP contribution is -2.33. The zero-order valence-corrected chi connectivity index (χ0v) is 19.8. The van der Waals surface area contributed by atoms with E-state index in [9.17, 15) is 18.9 Å². The monoisotopic (exact) mass is 460 g/mol. The maximum absolute atomic E-state index is 13.9. The number of nitrogens with zero attached hydrogens (tertiary/aromatic N) is 2. The van der Waals surface area contributed by atoms with Crippen LogP contribution in [0.5, 0.6) is 0 Å². The van der Waals surface area contributed by atoms with Crippen molar-refractivity contribution in [1.82, 2.24) is 0 Å². The van der Waals surface area contributed by atoms with Crippen LogP contribution in [0.3, 0.4) is 0 Å². The Kier molecular flexibility index (Phi) is 7.75. The molecular formula is C26H24N2O2S2. The maximum Gasteiger partial charge on any atom is 0.142 e. The Morgan fingerprint density at radius 1 is 0.625 bits per heavy atom. The second kappa shape index (κ2) is 10.5. The molecule has 0 N–H and O–H groups in total. The Morgan fingerprint density at radius 3 is 1.31 bits per heavy atom.